The van der Waals surface area contributed by atoms with Gasteiger partial charge in [0.15, 0.2) is 0 Å². The lowest BCUT2D eigenvalue weighted by Crippen LogP contribution is -2.32. The van der Waals surface area contributed by atoms with Crippen LogP contribution in [0.1, 0.15) is 15.9 Å². The minimum absolute atomic E-state index is 0.000404. The van der Waals surface area contributed by atoms with Crippen molar-refractivity contribution in [3.05, 3.63) is 70.9 Å². The maximum atomic E-state index is 11.9. The van der Waals surface area contributed by atoms with E-state index in [1.807, 2.05) is 24.3 Å². The molecule has 4 rings (SSSR count). The van der Waals surface area contributed by atoms with Crippen molar-refractivity contribution in [3.8, 4) is 0 Å². The molecule has 0 radical (unpaired) electrons. The zero-order chi connectivity index (χ0) is 20.5. The van der Waals surface area contributed by atoms with Gasteiger partial charge in [-0.3, -0.25) is 0 Å². The van der Waals surface area contributed by atoms with E-state index in [4.69, 9.17) is 11.6 Å². The fraction of sp³-hybridized carbons (Fsp3) is 0.0952. The number of hydrogen-bond donors (Lipinski definition) is 4. The number of carbonyl (C=O) groups is 2. The average Bonchev–Trinajstić information content (AvgIpc) is 3.10. The van der Waals surface area contributed by atoms with E-state index in [0.29, 0.717) is 15.9 Å². The number of para-hydroxylation sites is 1. The van der Waals surface area contributed by atoms with Crippen molar-refractivity contribution in [2.45, 2.75) is 12.5 Å². The van der Waals surface area contributed by atoms with Gasteiger partial charge in [0.25, 0.3) is 0 Å². The Kier molecular flexibility index (Phi) is 4.82. The molecule has 4 N–H and O–H groups in total. The fourth-order valence-corrected chi connectivity index (χ4v) is 3.49. The number of rotatable bonds is 6. The van der Waals surface area contributed by atoms with Crippen LogP contribution in [0.3, 0.4) is 0 Å². The normalized spacial score (nSPS) is 12.2. The quantitative estimate of drug-likeness (QED) is 0.380. The molecule has 8 heteroatoms. The summed E-state index contributed by atoms with van der Waals surface area (Å²) in [6.45, 7) is 0. The SMILES string of the molecule is O=C(O)c1cc2cc(Cl)ccc2nc1N[C@H](Cc1c[nH]c2ccccc12)C(=O)O. The van der Waals surface area contributed by atoms with Crippen molar-refractivity contribution < 1.29 is 19.8 Å². The molecule has 0 saturated heterocycles. The molecular formula is C21H16ClN3O4. The van der Waals surface area contributed by atoms with Crippen LogP contribution in [0.25, 0.3) is 21.8 Å². The average molecular weight is 410 g/mol. The number of aromatic carboxylic acids is 1. The second-order valence-corrected chi connectivity index (χ2v) is 7.06. The van der Waals surface area contributed by atoms with Crippen molar-refractivity contribution in [2.24, 2.45) is 0 Å². The molecule has 0 unspecified atom stereocenters. The first-order valence-electron chi connectivity index (χ1n) is 8.80. The number of H-pyrrole nitrogens is 1. The highest BCUT2D eigenvalue weighted by atomic mass is 35.5. The molecule has 0 aliphatic heterocycles. The van der Waals surface area contributed by atoms with Crippen molar-refractivity contribution in [1.82, 2.24) is 9.97 Å². The largest absolute Gasteiger partial charge is 0.480 e. The van der Waals surface area contributed by atoms with Crippen LogP contribution in [0, 0.1) is 0 Å². The number of aromatic amines is 1. The van der Waals surface area contributed by atoms with Crippen LogP contribution < -0.4 is 5.32 Å². The molecule has 0 fully saturated rings. The molecule has 2 aromatic heterocycles. The van der Waals surface area contributed by atoms with Gasteiger partial charge in [-0.15, -0.1) is 0 Å². The van der Waals surface area contributed by atoms with Crippen LogP contribution in [0.4, 0.5) is 5.82 Å². The van der Waals surface area contributed by atoms with Crippen LogP contribution in [-0.4, -0.2) is 38.2 Å². The zero-order valence-electron chi connectivity index (χ0n) is 15.0. The van der Waals surface area contributed by atoms with E-state index >= 15 is 0 Å². The summed E-state index contributed by atoms with van der Waals surface area (Å²) in [5, 5.41) is 24.0. The van der Waals surface area contributed by atoms with Gasteiger partial charge in [-0.25, -0.2) is 14.6 Å². The predicted molar refractivity (Wildman–Crippen MR) is 111 cm³/mol. The van der Waals surface area contributed by atoms with E-state index in [2.05, 4.69) is 15.3 Å². The minimum atomic E-state index is -1.21. The van der Waals surface area contributed by atoms with Crippen LogP contribution in [-0.2, 0) is 11.2 Å². The number of fused-ring (bicyclic) bond motifs is 2. The number of aliphatic carboxylic acids is 1. The number of halogens is 1. The van der Waals surface area contributed by atoms with Gasteiger partial charge in [-0.2, -0.15) is 0 Å². The molecule has 0 aliphatic rings. The Hall–Kier alpha value is -3.58. The second kappa shape index (κ2) is 7.44. The van der Waals surface area contributed by atoms with Gasteiger partial charge < -0.3 is 20.5 Å². The molecule has 0 aliphatic carbocycles. The summed E-state index contributed by atoms with van der Waals surface area (Å²) in [5.41, 5.74) is 2.10. The van der Waals surface area contributed by atoms with Gasteiger partial charge in [0, 0.05) is 33.9 Å². The highest BCUT2D eigenvalue weighted by Crippen LogP contribution is 2.25. The van der Waals surface area contributed by atoms with Gasteiger partial charge >= 0.3 is 11.9 Å². The highest BCUT2D eigenvalue weighted by Gasteiger charge is 2.23. The Morgan fingerprint density at radius 2 is 1.93 bits per heavy atom. The number of hydrogen-bond acceptors (Lipinski definition) is 4. The summed E-state index contributed by atoms with van der Waals surface area (Å²) >= 11 is 5.97. The standard InChI is InChI=1S/C21H16ClN3O4/c22-13-5-6-16-11(7-13)8-15(20(26)27)19(24-16)25-18(21(28)29)9-12-10-23-17-4-2-1-3-14(12)17/h1-8,10,18,23H,9H2,(H,24,25)(H,26,27)(H,28,29)/t18-/m1/s1. The molecule has 2 heterocycles. The number of benzene rings is 2. The van der Waals surface area contributed by atoms with Crippen LogP contribution in [0.5, 0.6) is 0 Å². The predicted octanol–water partition coefficient (Wildman–Crippen LogP) is 4.18. The lowest BCUT2D eigenvalue weighted by atomic mass is 10.0. The molecule has 0 amide bonds. The molecule has 4 aromatic rings. The maximum Gasteiger partial charge on any atom is 0.339 e. The highest BCUT2D eigenvalue weighted by molar-refractivity contribution is 6.31. The van der Waals surface area contributed by atoms with E-state index in [-0.39, 0.29) is 17.8 Å². The van der Waals surface area contributed by atoms with E-state index in [9.17, 15) is 19.8 Å². The summed E-state index contributed by atoms with van der Waals surface area (Å²) in [4.78, 5) is 31.1. The van der Waals surface area contributed by atoms with Crippen LogP contribution in [0.15, 0.2) is 54.7 Å². The lowest BCUT2D eigenvalue weighted by Gasteiger charge is -2.17. The van der Waals surface area contributed by atoms with E-state index in [0.717, 1.165) is 16.5 Å². The summed E-state index contributed by atoms with van der Waals surface area (Å²) < 4.78 is 0. The Morgan fingerprint density at radius 3 is 2.69 bits per heavy atom. The molecule has 29 heavy (non-hydrogen) atoms. The van der Waals surface area contributed by atoms with Crippen LogP contribution in [0.2, 0.25) is 5.02 Å². The number of pyridine rings is 1. The number of anilines is 1. The van der Waals surface area contributed by atoms with Crippen molar-refractivity contribution in [3.63, 3.8) is 0 Å². The number of carboxylic acid groups (broad SMARTS) is 2. The van der Waals surface area contributed by atoms with Crippen molar-refractivity contribution in [2.75, 3.05) is 5.32 Å². The fourth-order valence-electron chi connectivity index (χ4n) is 3.31. The first-order chi connectivity index (χ1) is 13.9. The van der Waals surface area contributed by atoms with Gasteiger partial charge in [0.1, 0.15) is 17.4 Å². The lowest BCUT2D eigenvalue weighted by molar-refractivity contribution is -0.137. The number of carboxylic acids is 2. The van der Waals surface area contributed by atoms with E-state index in [1.165, 1.54) is 6.07 Å². The summed E-state index contributed by atoms with van der Waals surface area (Å²) in [7, 11) is 0. The van der Waals surface area contributed by atoms with Crippen molar-refractivity contribution in [1.29, 1.82) is 0 Å². The van der Waals surface area contributed by atoms with Crippen LogP contribution >= 0.6 is 11.6 Å². The number of nitrogens with one attached hydrogen (secondary N) is 2. The first kappa shape index (κ1) is 18.8. The first-order valence-corrected chi connectivity index (χ1v) is 9.18. The molecule has 0 saturated carbocycles. The Morgan fingerprint density at radius 1 is 1.14 bits per heavy atom. The van der Waals surface area contributed by atoms with Gasteiger partial charge in [0.05, 0.1) is 5.52 Å². The summed E-state index contributed by atoms with van der Waals surface area (Å²) in [5.74, 6) is -2.32. The van der Waals surface area contributed by atoms with Crippen molar-refractivity contribution >= 4 is 51.2 Å². The topological polar surface area (TPSA) is 115 Å². The Balaban J connectivity index is 1.72. The van der Waals surface area contributed by atoms with E-state index < -0.39 is 18.0 Å². The third kappa shape index (κ3) is 3.72. The maximum absolute atomic E-state index is 11.9. The Bertz CT molecular complexity index is 1250. The summed E-state index contributed by atoms with van der Waals surface area (Å²) in [6, 6.07) is 12.9. The van der Waals surface area contributed by atoms with Gasteiger partial charge in [-0.05, 0) is 35.9 Å². The second-order valence-electron chi connectivity index (χ2n) is 6.63. The zero-order valence-corrected chi connectivity index (χ0v) is 15.8. The molecule has 1 atom stereocenters. The monoisotopic (exact) mass is 409 g/mol. The molecule has 146 valence electrons. The third-order valence-electron chi connectivity index (χ3n) is 4.72. The molecule has 7 nitrogen and oxygen atoms in total. The molecule has 0 bridgehead atoms. The molecular weight excluding hydrogens is 394 g/mol. The smallest absolute Gasteiger partial charge is 0.339 e. The minimum Gasteiger partial charge on any atom is -0.480 e. The third-order valence-corrected chi connectivity index (χ3v) is 4.95. The van der Waals surface area contributed by atoms with E-state index in [1.54, 1.807) is 24.4 Å². The molecule has 0 spiro atoms. The van der Waals surface area contributed by atoms with Gasteiger partial charge in [-0.1, -0.05) is 29.8 Å². The van der Waals surface area contributed by atoms with Gasteiger partial charge in [0.2, 0.25) is 0 Å². The number of aromatic nitrogens is 2. The Labute approximate surface area is 170 Å². The molecule has 2 aromatic carbocycles. The number of nitrogens with zero attached hydrogens (tertiary/aromatic N) is 1. The summed E-state index contributed by atoms with van der Waals surface area (Å²) in [6.07, 6.45) is 1.91.